The maximum atomic E-state index is 12.2. The fourth-order valence-electron chi connectivity index (χ4n) is 2.51. The van der Waals surface area contributed by atoms with Crippen molar-refractivity contribution < 1.29 is 19.4 Å². The molecule has 1 atom stereocenters. The Morgan fingerprint density at radius 2 is 2.27 bits per heavy atom. The van der Waals surface area contributed by atoms with E-state index in [0.717, 1.165) is 10.0 Å². The average molecular weight is 371 g/mol. The molecule has 1 aliphatic rings. The van der Waals surface area contributed by atoms with Gasteiger partial charge in [0.05, 0.1) is 13.0 Å². The molecule has 0 spiro atoms. The van der Waals surface area contributed by atoms with Crippen molar-refractivity contribution in [2.24, 2.45) is 5.92 Å². The zero-order valence-corrected chi connectivity index (χ0v) is 13.9. The van der Waals surface area contributed by atoms with Crippen LogP contribution in [0.1, 0.15) is 18.4 Å². The van der Waals surface area contributed by atoms with Gasteiger partial charge in [-0.25, -0.2) is 4.79 Å². The zero-order valence-electron chi connectivity index (χ0n) is 12.3. The van der Waals surface area contributed by atoms with Crippen molar-refractivity contribution in [1.82, 2.24) is 10.2 Å². The van der Waals surface area contributed by atoms with Crippen LogP contribution in [0.4, 0.5) is 4.79 Å². The predicted molar refractivity (Wildman–Crippen MR) is 84.9 cm³/mol. The van der Waals surface area contributed by atoms with Crippen molar-refractivity contribution in [3.63, 3.8) is 0 Å². The Kier molecular flexibility index (Phi) is 5.65. The number of likely N-dealkylation sites (tertiary alicyclic amines) is 1. The molecular weight excluding hydrogens is 352 g/mol. The van der Waals surface area contributed by atoms with E-state index in [1.807, 2.05) is 18.2 Å². The number of halogens is 1. The van der Waals surface area contributed by atoms with Gasteiger partial charge in [-0.05, 0) is 25.0 Å². The van der Waals surface area contributed by atoms with Gasteiger partial charge in [0.2, 0.25) is 0 Å². The number of carboxylic acids is 1. The first kappa shape index (κ1) is 16.6. The Morgan fingerprint density at radius 1 is 1.50 bits per heavy atom. The van der Waals surface area contributed by atoms with Crippen molar-refractivity contribution in [2.75, 3.05) is 20.2 Å². The maximum Gasteiger partial charge on any atom is 0.317 e. The van der Waals surface area contributed by atoms with Crippen LogP contribution < -0.4 is 10.1 Å². The first-order chi connectivity index (χ1) is 10.5. The summed E-state index contributed by atoms with van der Waals surface area (Å²) in [6, 6.07) is 5.35. The summed E-state index contributed by atoms with van der Waals surface area (Å²) in [4.78, 5) is 24.8. The van der Waals surface area contributed by atoms with Gasteiger partial charge in [0.25, 0.3) is 0 Å². The molecular formula is C15H19BrN2O4. The van der Waals surface area contributed by atoms with Crippen LogP contribution in [-0.2, 0) is 11.3 Å². The molecule has 1 aliphatic heterocycles. The van der Waals surface area contributed by atoms with Gasteiger partial charge in [-0.2, -0.15) is 0 Å². The molecule has 0 aromatic heterocycles. The van der Waals surface area contributed by atoms with E-state index in [4.69, 9.17) is 9.84 Å². The van der Waals surface area contributed by atoms with Crippen molar-refractivity contribution in [2.45, 2.75) is 19.4 Å². The second-order valence-corrected chi connectivity index (χ2v) is 6.15. The number of carboxylic acid groups (broad SMARTS) is 1. The smallest absolute Gasteiger partial charge is 0.317 e. The normalized spacial score (nSPS) is 17.9. The summed E-state index contributed by atoms with van der Waals surface area (Å²) >= 11 is 3.37. The number of methoxy groups -OCH3 is 1. The summed E-state index contributed by atoms with van der Waals surface area (Å²) in [5.74, 6) is -0.620. The summed E-state index contributed by atoms with van der Waals surface area (Å²) in [5, 5.41) is 11.9. The Hall–Kier alpha value is -1.76. The van der Waals surface area contributed by atoms with Gasteiger partial charge < -0.3 is 20.1 Å². The van der Waals surface area contributed by atoms with Gasteiger partial charge in [0, 0.05) is 29.7 Å². The number of rotatable bonds is 4. The molecule has 1 aromatic rings. The summed E-state index contributed by atoms with van der Waals surface area (Å²) in [7, 11) is 1.58. The molecule has 6 nitrogen and oxygen atoms in total. The lowest BCUT2D eigenvalue weighted by Crippen LogP contribution is -2.46. The molecule has 2 amide bonds. The zero-order chi connectivity index (χ0) is 16.1. The third-order valence-electron chi connectivity index (χ3n) is 3.74. The summed E-state index contributed by atoms with van der Waals surface area (Å²) < 4.78 is 6.18. The lowest BCUT2D eigenvalue weighted by molar-refractivity contribution is -0.143. The van der Waals surface area contributed by atoms with E-state index in [0.29, 0.717) is 31.7 Å². The van der Waals surface area contributed by atoms with Gasteiger partial charge in [0.15, 0.2) is 0 Å². The summed E-state index contributed by atoms with van der Waals surface area (Å²) in [6.45, 7) is 1.19. The van der Waals surface area contributed by atoms with E-state index in [9.17, 15) is 9.59 Å². The van der Waals surface area contributed by atoms with Gasteiger partial charge in [-0.3, -0.25) is 4.79 Å². The first-order valence-corrected chi connectivity index (χ1v) is 7.88. The van der Waals surface area contributed by atoms with Crippen molar-refractivity contribution >= 4 is 27.9 Å². The molecule has 120 valence electrons. The molecule has 7 heteroatoms. The van der Waals surface area contributed by atoms with Crippen LogP contribution in [0.5, 0.6) is 5.75 Å². The van der Waals surface area contributed by atoms with Crippen molar-refractivity contribution in [3.05, 3.63) is 28.2 Å². The van der Waals surface area contributed by atoms with Gasteiger partial charge in [-0.15, -0.1) is 0 Å². The second kappa shape index (κ2) is 7.49. The van der Waals surface area contributed by atoms with Crippen LogP contribution in [0.15, 0.2) is 22.7 Å². The molecule has 1 saturated heterocycles. The molecule has 1 fully saturated rings. The molecule has 2 N–H and O–H groups in total. The molecule has 1 heterocycles. The first-order valence-electron chi connectivity index (χ1n) is 7.09. The number of hydrogen-bond acceptors (Lipinski definition) is 3. The van der Waals surface area contributed by atoms with E-state index in [-0.39, 0.29) is 12.6 Å². The second-order valence-electron chi connectivity index (χ2n) is 5.24. The van der Waals surface area contributed by atoms with Crippen LogP contribution in [0, 0.1) is 5.92 Å². The van der Waals surface area contributed by atoms with Crippen molar-refractivity contribution in [1.29, 1.82) is 0 Å². The number of ether oxygens (including phenoxy) is 1. The monoisotopic (exact) mass is 370 g/mol. The largest absolute Gasteiger partial charge is 0.496 e. The van der Waals surface area contributed by atoms with Crippen LogP contribution in [-0.4, -0.2) is 42.2 Å². The van der Waals surface area contributed by atoms with Crippen LogP contribution in [0.3, 0.4) is 0 Å². The molecule has 0 saturated carbocycles. The number of nitrogens with one attached hydrogen (secondary N) is 1. The molecule has 0 bridgehead atoms. The number of amides is 2. The molecule has 0 radical (unpaired) electrons. The summed E-state index contributed by atoms with van der Waals surface area (Å²) in [6.07, 6.45) is 1.34. The third-order valence-corrected chi connectivity index (χ3v) is 4.23. The summed E-state index contributed by atoms with van der Waals surface area (Å²) in [5.41, 5.74) is 0.867. The lowest BCUT2D eigenvalue weighted by atomic mass is 9.99. The van der Waals surface area contributed by atoms with Crippen LogP contribution in [0.25, 0.3) is 0 Å². The highest BCUT2D eigenvalue weighted by molar-refractivity contribution is 9.10. The van der Waals surface area contributed by atoms with Gasteiger partial charge >= 0.3 is 12.0 Å². The standard InChI is InChI=1S/C15H19BrN2O4/c1-22-13-7-12(16)5-4-10(13)8-17-15(21)18-6-2-3-11(9-18)14(19)20/h4-5,7,11H,2-3,6,8-9H2,1H3,(H,17,21)(H,19,20). The quantitative estimate of drug-likeness (QED) is 0.852. The van der Waals surface area contributed by atoms with Crippen LogP contribution in [0.2, 0.25) is 0 Å². The van der Waals surface area contributed by atoms with E-state index in [2.05, 4.69) is 21.2 Å². The van der Waals surface area contributed by atoms with E-state index in [1.54, 1.807) is 12.0 Å². The lowest BCUT2D eigenvalue weighted by Gasteiger charge is -2.30. The number of hydrogen-bond donors (Lipinski definition) is 2. The molecule has 22 heavy (non-hydrogen) atoms. The maximum absolute atomic E-state index is 12.2. The third kappa shape index (κ3) is 4.13. The number of carbonyl (C=O) groups is 2. The highest BCUT2D eigenvalue weighted by atomic mass is 79.9. The van der Waals surface area contributed by atoms with Crippen LogP contribution >= 0.6 is 15.9 Å². The highest BCUT2D eigenvalue weighted by Gasteiger charge is 2.28. The SMILES string of the molecule is COc1cc(Br)ccc1CNC(=O)N1CCCC(C(=O)O)C1. The number of urea groups is 1. The van der Waals surface area contributed by atoms with E-state index < -0.39 is 11.9 Å². The Balaban J connectivity index is 1.94. The molecule has 1 unspecified atom stereocenters. The minimum absolute atomic E-state index is 0.240. The topological polar surface area (TPSA) is 78.9 Å². The number of piperidine rings is 1. The number of aliphatic carboxylic acids is 1. The number of nitrogens with zero attached hydrogens (tertiary/aromatic N) is 1. The minimum Gasteiger partial charge on any atom is -0.496 e. The minimum atomic E-state index is -0.841. The molecule has 0 aliphatic carbocycles. The van der Waals surface area contributed by atoms with Gasteiger partial charge in [0.1, 0.15) is 5.75 Å². The Labute approximate surface area is 137 Å². The fourth-order valence-corrected chi connectivity index (χ4v) is 2.85. The predicted octanol–water partition coefficient (Wildman–Crippen LogP) is 2.46. The van der Waals surface area contributed by atoms with Crippen molar-refractivity contribution in [3.8, 4) is 5.75 Å². The van der Waals surface area contributed by atoms with E-state index >= 15 is 0 Å². The van der Waals surface area contributed by atoms with Gasteiger partial charge in [-0.1, -0.05) is 22.0 Å². The average Bonchev–Trinajstić information content (AvgIpc) is 2.53. The Bertz CT molecular complexity index is 564. The molecule has 1 aromatic carbocycles. The number of carbonyl (C=O) groups excluding carboxylic acids is 1. The molecule has 2 rings (SSSR count). The fraction of sp³-hybridized carbons (Fsp3) is 0.467. The van der Waals surface area contributed by atoms with E-state index in [1.165, 1.54) is 0 Å². The number of benzene rings is 1. The highest BCUT2D eigenvalue weighted by Crippen LogP contribution is 2.23. The Morgan fingerprint density at radius 3 is 2.95 bits per heavy atom.